The van der Waals surface area contributed by atoms with E-state index in [9.17, 15) is 9.59 Å². The van der Waals surface area contributed by atoms with E-state index in [0.29, 0.717) is 18.1 Å². The summed E-state index contributed by atoms with van der Waals surface area (Å²) in [6.45, 7) is 3.80. The lowest BCUT2D eigenvalue weighted by atomic mass is 10.0. The minimum absolute atomic E-state index is 0.244. The van der Waals surface area contributed by atoms with Crippen molar-refractivity contribution >= 4 is 11.9 Å². The predicted octanol–water partition coefficient (Wildman–Crippen LogP) is 4.53. The highest BCUT2D eigenvalue weighted by Crippen LogP contribution is 2.31. The molecule has 3 rings (SSSR count). The molecule has 3 aromatic rings. The Morgan fingerprint density at radius 1 is 1.00 bits per heavy atom. The van der Waals surface area contributed by atoms with Crippen LogP contribution in [-0.2, 0) is 11.4 Å². The van der Waals surface area contributed by atoms with Gasteiger partial charge in [0.25, 0.3) is 5.91 Å². The highest BCUT2D eigenvalue weighted by Gasteiger charge is 2.18. The number of carbonyl (C=O) groups excluding carboxylic acids is 1. The first kappa shape index (κ1) is 21.9. The molecular formula is C25H25NO5. The van der Waals surface area contributed by atoms with Gasteiger partial charge in [0.05, 0.1) is 5.56 Å². The third-order valence-electron chi connectivity index (χ3n) is 4.78. The first-order valence-electron chi connectivity index (χ1n) is 9.97. The highest BCUT2D eigenvalue weighted by atomic mass is 16.5. The van der Waals surface area contributed by atoms with Crippen molar-refractivity contribution in [2.75, 3.05) is 6.54 Å². The second-order valence-electron chi connectivity index (χ2n) is 7.13. The van der Waals surface area contributed by atoms with Crippen molar-refractivity contribution < 1.29 is 24.2 Å². The van der Waals surface area contributed by atoms with Crippen LogP contribution in [0.1, 0.15) is 40.1 Å². The van der Waals surface area contributed by atoms with Crippen LogP contribution in [0.2, 0.25) is 0 Å². The van der Waals surface area contributed by atoms with Crippen LogP contribution in [0.5, 0.6) is 11.5 Å². The number of amides is 1. The van der Waals surface area contributed by atoms with E-state index in [1.165, 1.54) is 0 Å². The van der Waals surface area contributed by atoms with Crippen LogP contribution in [0, 0.1) is 6.92 Å². The molecule has 0 heterocycles. The number of benzene rings is 3. The highest BCUT2D eigenvalue weighted by molar-refractivity contribution is 5.98. The molecule has 0 saturated carbocycles. The fourth-order valence-corrected chi connectivity index (χ4v) is 3.17. The van der Waals surface area contributed by atoms with Gasteiger partial charge in [-0.15, -0.1) is 0 Å². The first-order valence-corrected chi connectivity index (χ1v) is 9.97. The van der Waals surface area contributed by atoms with Crippen LogP contribution in [-0.4, -0.2) is 23.5 Å². The normalized spacial score (nSPS) is 11.4. The zero-order valence-electron chi connectivity index (χ0n) is 17.5. The van der Waals surface area contributed by atoms with Gasteiger partial charge in [0.1, 0.15) is 30.8 Å². The number of carboxylic acids is 1. The number of nitrogens with one attached hydrogen (secondary N) is 1. The minimum atomic E-state index is -1.12. The number of ether oxygens (including phenoxy) is 2. The summed E-state index contributed by atoms with van der Waals surface area (Å²) >= 11 is 0. The maximum absolute atomic E-state index is 12.6. The van der Waals surface area contributed by atoms with E-state index in [2.05, 4.69) is 5.32 Å². The Morgan fingerprint density at radius 3 is 2.42 bits per heavy atom. The van der Waals surface area contributed by atoms with E-state index in [-0.39, 0.29) is 11.7 Å². The molecule has 0 aromatic heterocycles. The Kier molecular flexibility index (Phi) is 7.27. The van der Waals surface area contributed by atoms with Gasteiger partial charge in [0, 0.05) is 6.07 Å². The van der Waals surface area contributed by atoms with E-state index >= 15 is 0 Å². The monoisotopic (exact) mass is 419 g/mol. The summed E-state index contributed by atoms with van der Waals surface area (Å²) in [7, 11) is 0. The lowest BCUT2D eigenvalue weighted by molar-refractivity contribution is -0.135. The van der Waals surface area contributed by atoms with Gasteiger partial charge in [-0.25, -0.2) is 0 Å². The fourth-order valence-electron chi connectivity index (χ4n) is 3.17. The Labute approximate surface area is 181 Å². The SMILES string of the molecule is Cc1ccccc1C(C)Oc1cc(OCc2ccccc2)ccc1C(=O)NCC(=O)O. The van der Waals surface area contributed by atoms with Gasteiger partial charge >= 0.3 is 5.97 Å². The molecule has 160 valence electrons. The molecule has 0 radical (unpaired) electrons. The van der Waals surface area contributed by atoms with Crippen molar-refractivity contribution in [1.29, 1.82) is 0 Å². The van der Waals surface area contributed by atoms with E-state index in [1.807, 2.05) is 68.4 Å². The van der Waals surface area contributed by atoms with E-state index in [0.717, 1.165) is 16.7 Å². The second-order valence-corrected chi connectivity index (χ2v) is 7.13. The summed E-state index contributed by atoms with van der Waals surface area (Å²) in [5.74, 6) is -0.772. The standard InChI is InChI=1S/C25H25NO5/c1-17-8-6-7-11-21(17)18(2)31-23-14-20(30-16-19-9-4-3-5-10-19)12-13-22(23)25(29)26-15-24(27)28/h3-14,18H,15-16H2,1-2H3,(H,26,29)(H,27,28). The lowest BCUT2D eigenvalue weighted by Crippen LogP contribution is -2.29. The molecule has 0 aliphatic rings. The van der Waals surface area contributed by atoms with E-state index < -0.39 is 18.4 Å². The average Bonchev–Trinajstić information content (AvgIpc) is 2.77. The van der Waals surface area contributed by atoms with Gasteiger partial charge < -0.3 is 19.9 Å². The van der Waals surface area contributed by atoms with Crippen molar-refractivity contribution in [3.05, 3.63) is 95.1 Å². The van der Waals surface area contributed by atoms with Gasteiger partial charge in [-0.05, 0) is 42.7 Å². The third-order valence-corrected chi connectivity index (χ3v) is 4.78. The number of hydrogen-bond acceptors (Lipinski definition) is 4. The molecule has 1 atom stereocenters. The van der Waals surface area contributed by atoms with E-state index in [4.69, 9.17) is 14.6 Å². The molecule has 0 aliphatic carbocycles. The van der Waals surface area contributed by atoms with Crippen molar-refractivity contribution in [2.24, 2.45) is 0 Å². The lowest BCUT2D eigenvalue weighted by Gasteiger charge is -2.20. The van der Waals surface area contributed by atoms with Crippen molar-refractivity contribution in [3.8, 4) is 11.5 Å². The van der Waals surface area contributed by atoms with Crippen molar-refractivity contribution in [3.63, 3.8) is 0 Å². The van der Waals surface area contributed by atoms with Crippen LogP contribution in [0.25, 0.3) is 0 Å². The molecule has 0 bridgehead atoms. The number of aryl methyl sites for hydroxylation is 1. The summed E-state index contributed by atoms with van der Waals surface area (Å²) in [6, 6.07) is 22.5. The zero-order valence-corrected chi connectivity index (χ0v) is 17.5. The summed E-state index contributed by atoms with van der Waals surface area (Å²) < 4.78 is 12.0. The largest absolute Gasteiger partial charge is 0.489 e. The summed E-state index contributed by atoms with van der Waals surface area (Å²) in [5, 5.41) is 11.2. The molecule has 3 aromatic carbocycles. The van der Waals surface area contributed by atoms with Crippen LogP contribution in [0.3, 0.4) is 0 Å². The molecule has 31 heavy (non-hydrogen) atoms. The minimum Gasteiger partial charge on any atom is -0.489 e. The Bertz CT molecular complexity index is 1050. The van der Waals surface area contributed by atoms with Gasteiger partial charge in [-0.2, -0.15) is 0 Å². The molecule has 6 nitrogen and oxygen atoms in total. The van der Waals surface area contributed by atoms with Gasteiger partial charge in [-0.3, -0.25) is 9.59 Å². The summed E-state index contributed by atoms with van der Waals surface area (Å²) in [5.41, 5.74) is 3.33. The Hall–Kier alpha value is -3.80. The summed E-state index contributed by atoms with van der Waals surface area (Å²) in [6.07, 6.45) is -0.323. The molecule has 1 unspecified atom stereocenters. The molecule has 6 heteroatoms. The molecular weight excluding hydrogens is 394 g/mol. The smallest absolute Gasteiger partial charge is 0.322 e. The Morgan fingerprint density at radius 2 is 1.71 bits per heavy atom. The quantitative estimate of drug-likeness (QED) is 0.532. The molecule has 1 amide bonds. The van der Waals surface area contributed by atoms with E-state index in [1.54, 1.807) is 18.2 Å². The van der Waals surface area contributed by atoms with Crippen LogP contribution < -0.4 is 14.8 Å². The second kappa shape index (κ2) is 10.3. The average molecular weight is 419 g/mol. The molecule has 0 fully saturated rings. The van der Waals surface area contributed by atoms with Crippen molar-refractivity contribution in [2.45, 2.75) is 26.6 Å². The first-order chi connectivity index (χ1) is 14.9. The third kappa shape index (κ3) is 6.09. The predicted molar refractivity (Wildman–Crippen MR) is 117 cm³/mol. The fraction of sp³-hybridized carbons (Fsp3) is 0.200. The van der Waals surface area contributed by atoms with Crippen LogP contribution >= 0.6 is 0 Å². The number of carboxylic acid groups (broad SMARTS) is 1. The zero-order chi connectivity index (χ0) is 22.2. The number of hydrogen-bond donors (Lipinski definition) is 2. The van der Waals surface area contributed by atoms with Gasteiger partial charge in [-0.1, -0.05) is 54.6 Å². The molecule has 0 saturated heterocycles. The summed E-state index contributed by atoms with van der Waals surface area (Å²) in [4.78, 5) is 23.4. The van der Waals surface area contributed by atoms with Crippen LogP contribution in [0.4, 0.5) is 0 Å². The maximum Gasteiger partial charge on any atom is 0.322 e. The topological polar surface area (TPSA) is 84.9 Å². The molecule has 2 N–H and O–H groups in total. The number of carbonyl (C=O) groups is 2. The number of aliphatic carboxylic acids is 1. The van der Waals surface area contributed by atoms with Gasteiger partial charge in [0.15, 0.2) is 0 Å². The Balaban J connectivity index is 1.84. The molecule has 0 spiro atoms. The van der Waals surface area contributed by atoms with Crippen LogP contribution in [0.15, 0.2) is 72.8 Å². The molecule has 0 aliphatic heterocycles. The number of rotatable bonds is 9. The van der Waals surface area contributed by atoms with Gasteiger partial charge in [0.2, 0.25) is 0 Å². The maximum atomic E-state index is 12.6. The van der Waals surface area contributed by atoms with Crippen molar-refractivity contribution in [1.82, 2.24) is 5.32 Å².